The zero-order valence-corrected chi connectivity index (χ0v) is 13.2. The fourth-order valence-corrected chi connectivity index (χ4v) is 2.46. The fourth-order valence-electron chi connectivity index (χ4n) is 2.31. The van der Waals surface area contributed by atoms with E-state index in [1.807, 2.05) is 36.4 Å². The molecule has 0 aliphatic rings. The molecule has 4 rings (SSSR count). The van der Waals surface area contributed by atoms with E-state index >= 15 is 0 Å². The summed E-state index contributed by atoms with van der Waals surface area (Å²) in [5.41, 5.74) is 1.65. The SMILES string of the molecule is Clc1ncccc1Oc1nc(-c2ccncc2)nc2ccccc12. The van der Waals surface area contributed by atoms with Crippen molar-refractivity contribution in [2.45, 2.75) is 0 Å². The van der Waals surface area contributed by atoms with Crippen molar-refractivity contribution in [2.75, 3.05) is 0 Å². The third-order valence-electron chi connectivity index (χ3n) is 3.44. The molecule has 0 spiro atoms. The minimum atomic E-state index is 0.283. The van der Waals surface area contributed by atoms with E-state index in [1.165, 1.54) is 0 Å². The summed E-state index contributed by atoms with van der Waals surface area (Å²) in [7, 11) is 0. The van der Waals surface area contributed by atoms with Gasteiger partial charge in [-0.2, -0.15) is 4.98 Å². The Morgan fingerprint density at radius 1 is 0.833 bits per heavy atom. The third-order valence-corrected chi connectivity index (χ3v) is 3.72. The number of nitrogens with zero attached hydrogens (tertiary/aromatic N) is 4. The maximum absolute atomic E-state index is 6.09. The predicted molar refractivity (Wildman–Crippen MR) is 92.1 cm³/mol. The second kappa shape index (κ2) is 6.22. The van der Waals surface area contributed by atoms with Gasteiger partial charge in [0.05, 0.1) is 10.9 Å². The molecule has 116 valence electrons. The van der Waals surface area contributed by atoms with Crippen LogP contribution in [0.1, 0.15) is 0 Å². The zero-order chi connectivity index (χ0) is 16.4. The number of aromatic nitrogens is 4. The number of hydrogen-bond donors (Lipinski definition) is 0. The maximum atomic E-state index is 6.09. The van der Waals surface area contributed by atoms with E-state index in [0.717, 1.165) is 16.5 Å². The van der Waals surface area contributed by atoms with Crippen molar-refractivity contribution in [3.05, 3.63) is 72.3 Å². The normalized spacial score (nSPS) is 10.7. The number of rotatable bonds is 3. The van der Waals surface area contributed by atoms with Crippen molar-refractivity contribution in [3.63, 3.8) is 0 Å². The molecule has 0 amide bonds. The minimum absolute atomic E-state index is 0.283. The topological polar surface area (TPSA) is 60.8 Å². The molecule has 0 bridgehead atoms. The van der Waals surface area contributed by atoms with Crippen LogP contribution in [0.5, 0.6) is 11.6 Å². The van der Waals surface area contributed by atoms with Crippen LogP contribution in [0, 0.1) is 0 Å². The van der Waals surface area contributed by atoms with Gasteiger partial charge in [0.15, 0.2) is 16.7 Å². The van der Waals surface area contributed by atoms with Crippen LogP contribution in [-0.2, 0) is 0 Å². The molecule has 3 heterocycles. The van der Waals surface area contributed by atoms with Crippen molar-refractivity contribution < 1.29 is 4.74 Å². The molecule has 0 atom stereocenters. The molecule has 0 aliphatic carbocycles. The van der Waals surface area contributed by atoms with Crippen molar-refractivity contribution in [2.24, 2.45) is 0 Å². The van der Waals surface area contributed by atoms with E-state index in [1.54, 1.807) is 30.7 Å². The fraction of sp³-hybridized carbons (Fsp3) is 0. The first-order valence-corrected chi connectivity index (χ1v) is 7.64. The first-order valence-electron chi connectivity index (χ1n) is 7.27. The second-order valence-corrected chi connectivity index (χ2v) is 5.36. The highest BCUT2D eigenvalue weighted by Gasteiger charge is 2.12. The predicted octanol–water partition coefficient (Wildman–Crippen LogP) is 4.53. The zero-order valence-electron chi connectivity index (χ0n) is 12.4. The molecule has 3 aromatic heterocycles. The number of pyridine rings is 2. The van der Waals surface area contributed by atoms with Crippen LogP contribution in [0.3, 0.4) is 0 Å². The van der Waals surface area contributed by atoms with Crippen LogP contribution >= 0.6 is 11.6 Å². The van der Waals surface area contributed by atoms with Crippen molar-refractivity contribution in [3.8, 4) is 23.0 Å². The Morgan fingerprint density at radius 2 is 1.67 bits per heavy atom. The Balaban J connectivity index is 1.88. The summed E-state index contributed by atoms with van der Waals surface area (Å²) >= 11 is 6.09. The standard InChI is InChI=1S/C18H11ClN4O/c19-16-15(6-3-9-21-16)24-18-13-4-1-2-5-14(13)22-17(23-18)12-7-10-20-11-8-12/h1-11H. The first-order chi connectivity index (χ1) is 11.8. The smallest absolute Gasteiger partial charge is 0.230 e. The van der Waals surface area contributed by atoms with E-state index in [4.69, 9.17) is 16.3 Å². The van der Waals surface area contributed by atoms with Gasteiger partial charge in [0.2, 0.25) is 5.88 Å². The van der Waals surface area contributed by atoms with Gasteiger partial charge in [-0.05, 0) is 36.4 Å². The van der Waals surface area contributed by atoms with Gasteiger partial charge in [-0.3, -0.25) is 4.98 Å². The van der Waals surface area contributed by atoms with Crippen LogP contribution in [-0.4, -0.2) is 19.9 Å². The summed E-state index contributed by atoms with van der Waals surface area (Å²) in [5, 5.41) is 1.08. The molecule has 0 aliphatic heterocycles. The Hall–Kier alpha value is -3.05. The van der Waals surface area contributed by atoms with E-state index < -0.39 is 0 Å². The van der Waals surface area contributed by atoms with Crippen LogP contribution in [0.4, 0.5) is 0 Å². The highest BCUT2D eigenvalue weighted by molar-refractivity contribution is 6.30. The lowest BCUT2D eigenvalue weighted by Crippen LogP contribution is -1.96. The molecule has 1 aromatic carbocycles. The first kappa shape index (κ1) is 14.5. The van der Waals surface area contributed by atoms with Crippen LogP contribution in [0.2, 0.25) is 5.15 Å². The molecular weight excluding hydrogens is 324 g/mol. The van der Waals surface area contributed by atoms with Crippen LogP contribution in [0.25, 0.3) is 22.3 Å². The maximum Gasteiger partial charge on any atom is 0.230 e. The van der Waals surface area contributed by atoms with Crippen molar-refractivity contribution >= 4 is 22.5 Å². The molecular formula is C18H11ClN4O. The molecule has 0 saturated heterocycles. The molecule has 0 N–H and O–H groups in total. The second-order valence-electron chi connectivity index (χ2n) is 5.00. The number of hydrogen-bond acceptors (Lipinski definition) is 5. The quantitative estimate of drug-likeness (QED) is 0.515. The molecule has 0 unspecified atom stereocenters. The lowest BCUT2D eigenvalue weighted by atomic mass is 10.2. The molecule has 4 aromatic rings. The average molecular weight is 335 g/mol. The van der Waals surface area contributed by atoms with E-state index in [2.05, 4.69) is 19.9 Å². The lowest BCUT2D eigenvalue weighted by molar-refractivity contribution is 0.467. The molecule has 6 heteroatoms. The van der Waals surface area contributed by atoms with E-state index in [9.17, 15) is 0 Å². The number of ether oxygens (including phenoxy) is 1. The summed E-state index contributed by atoms with van der Waals surface area (Å²) in [6.07, 6.45) is 5.01. The number of para-hydroxylation sites is 1. The van der Waals surface area contributed by atoms with Crippen LogP contribution < -0.4 is 4.74 Å². The molecule has 5 nitrogen and oxygen atoms in total. The van der Waals surface area contributed by atoms with Gasteiger partial charge < -0.3 is 4.74 Å². The summed E-state index contributed by atoms with van der Waals surface area (Å²) in [6.45, 7) is 0. The minimum Gasteiger partial charge on any atom is -0.435 e. The largest absolute Gasteiger partial charge is 0.435 e. The Morgan fingerprint density at radius 3 is 2.50 bits per heavy atom. The van der Waals surface area contributed by atoms with E-state index in [0.29, 0.717) is 17.5 Å². The van der Waals surface area contributed by atoms with Gasteiger partial charge in [-0.15, -0.1) is 0 Å². The van der Waals surface area contributed by atoms with Gasteiger partial charge in [-0.25, -0.2) is 9.97 Å². The van der Waals surface area contributed by atoms with Gasteiger partial charge in [0.1, 0.15) is 0 Å². The van der Waals surface area contributed by atoms with Gasteiger partial charge in [0, 0.05) is 24.2 Å². The highest BCUT2D eigenvalue weighted by Crippen LogP contribution is 2.32. The summed E-state index contributed by atoms with van der Waals surface area (Å²) in [6, 6.07) is 14.9. The van der Waals surface area contributed by atoms with Crippen molar-refractivity contribution in [1.82, 2.24) is 19.9 Å². The Bertz CT molecular complexity index is 1010. The number of halogens is 1. The van der Waals surface area contributed by atoms with Gasteiger partial charge in [-0.1, -0.05) is 23.7 Å². The average Bonchev–Trinajstić information content (AvgIpc) is 2.64. The number of benzene rings is 1. The monoisotopic (exact) mass is 334 g/mol. The molecule has 0 radical (unpaired) electrons. The van der Waals surface area contributed by atoms with Crippen molar-refractivity contribution in [1.29, 1.82) is 0 Å². The lowest BCUT2D eigenvalue weighted by Gasteiger charge is -2.10. The summed E-state index contributed by atoms with van der Waals surface area (Å²) in [4.78, 5) is 17.2. The Kier molecular flexibility index (Phi) is 3.76. The highest BCUT2D eigenvalue weighted by atomic mass is 35.5. The Labute approximate surface area is 143 Å². The van der Waals surface area contributed by atoms with Gasteiger partial charge >= 0.3 is 0 Å². The summed E-state index contributed by atoms with van der Waals surface area (Å²) < 4.78 is 5.92. The third kappa shape index (κ3) is 2.77. The molecule has 24 heavy (non-hydrogen) atoms. The number of fused-ring (bicyclic) bond motifs is 1. The van der Waals surface area contributed by atoms with Crippen LogP contribution in [0.15, 0.2) is 67.1 Å². The molecule has 0 fully saturated rings. The van der Waals surface area contributed by atoms with Gasteiger partial charge in [0.25, 0.3) is 0 Å². The summed E-state index contributed by atoms with van der Waals surface area (Å²) in [5.74, 6) is 1.44. The molecule has 0 saturated carbocycles. The van der Waals surface area contributed by atoms with E-state index in [-0.39, 0.29) is 5.15 Å².